The van der Waals surface area contributed by atoms with Crippen molar-refractivity contribution in [2.24, 2.45) is 0 Å². The van der Waals surface area contributed by atoms with Crippen LogP contribution < -0.4 is 5.32 Å². The minimum absolute atomic E-state index is 0.0444. The average molecular weight is 368 g/mol. The van der Waals surface area contributed by atoms with E-state index in [1.165, 1.54) is 11.3 Å². The zero-order chi connectivity index (χ0) is 19.4. The third-order valence-electron chi connectivity index (χ3n) is 5.13. The molecule has 27 heavy (non-hydrogen) atoms. The molecule has 0 saturated heterocycles. The number of aryl methyl sites for hydroxylation is 1. The second-order valence-corrected chi connectivity index (χ2v) is 7.52. The van der Waals surface area contributed by atoms with E-state index in [0.717, 1.165) is 36.2 Å². The number of aromatic nitrogens is 2. The van der Waals surface area contributed by atoms with Crippen molar-refractivity contribution in [3.63, 3.8) is 0 Å². The number of hydrogen-bond donors (Lipinski definition) is 2. The van der Waals surface area contributed by atoms with Gasteiger partial charge >= 0.3 is 0 Å². The van der Waals surface area contributed by atoms with Crippen molar-refractivity contribution in [1.29, 1.82) is 0 Å². The summed E-state index contributed by atoms with van der Waals surface area (Å²) in [6.45, 7) is 4.67. The van der Waals surface area contributed by atoms with E-state index < -0.39 is 0 Å². The number of para-hydroxylation sites is 1. The third-order valence-corrected chi connectivity index (χ3v) is 5.13. The molecule has 2 N–H and O–H groups in total. The molecule has 144 valence electrons. The number of nitrogens with zero attached hydrogens (tertiary/aromatic N) is 2. The number of carbonyl (C=O) groups is 2. The molecule has 0 spiro atoms. The summed E-state index contributed by atoms with van der Waals surface area (Å²) in [6, 6.07) is 7.79. The molecule has 6 nitrogen and oxygen atoms in total. The van der Waals surface area contributed by atoms with Gasteiger partial charge in [0.1, 0.15) is 0 Å². The highest BCUT2D eigenvalue weighted by Gasteiger charge is 2.21. The van der Waals surface area contributed by atoms with E-state index in [1.807, 2.05) is 24.3 Å². The van der Waals surface area contributed by atoms with Gasteiger partial charge < -0.3 is 10.2 Å². The largest absolute Gasteiger partial charge is 0.340 e. The Morgan fingerprint density at radius 2 is 2.00 bits per heavy atom. The summed E-state index contributed by atoms with van der Waals surface area (Å²) in [6.07, 6.45) is 3.58. The minimum atomic E-state index is -0.134. The molecule has 6 heteroatoms. The smallest absolute Gasteiger partial charge is 0.224 e. The molecule has 1 aromatic carbocycles. The topological polar surface area (TPSA) is 78.1 Å². The van der Waals surface area contributed by atoms with Crippen molar-refractivity contribution in [2.75, 3.05) is 12.4 Å². The maximum Gasteiger partial charge on any atom is 0.224 e. The van der Waals surface area contributed by atoms with Crippen molar-refractivity contribution >= 4 is 17.5 Å². The third kappa shape index (κ3) is 4.56. The summed E-state index contributed by atoms with van der Waals surface area (Å²) >= 11 is 0. The molecule has 3 rings (SSSR count). The number of nitrogens with one attached hydrogen (secondary N) is 2. The molecule has 0 fully saturated rings. The fourth-order valence-electron chi connectivity index (χ4n) is 3.57. The van der Waals surface area contributed by atoms with Crippen LogP contribution in [0.4, 0.5) is 5.69 Å². The second kappa shape index (κ2) is 8.37. The monoisotopic (exact) mass is 368 g/mol. The van der Waals surface area contributed by atoms with Crippen LogP contribution in [0.2, 0.25) is 0 Å². The number of hydrogen-bond acceptors (Lipinski definition) is 3. The van der Waals surface area contributed by atoms with Crippen molar-refractivity contribution in [3.8, 4) is 0 Å². The lowest BCUT2D eigenvalue weighted by atomic mass is 10.0. The summed E-state index contributed by atoms with van der Waals surface area (Å²) in [7, 11) is 1.77. The standard InChI is InChI=1S/C21H28N4O2/c1-14(2)15-7-4-5-9-17(15)22-20(26)11-12-21(27)25(3)13-19-16-8-6-10-18(16)23-24-19/h4-5,7,9,14H,6,8,10-13H2,1-3H3,(H,22,26)(H,23,24). The molecule has 2 aromatic rings. The molecule has 0 aliphatic heterocycles. The minimum Gasteiger partial charge on any atom is -0.340 e. The molecule has 0 saturated carbocycles. The predicted octanol–water partition coefficient (Wildman–Crippen LogP) is 3.40. The van der Waals surface area contributed by atoms with E-state index in [1.54, 1.807) is 11.9 Å². The zero-order valence-corrected chi connectivity index (χ0v) is 16.3. The van der Waals surface area contributed by atoms with Crippen LogP contribution in [0.25, 0.3) is 0 Å². The summed E-state index contributed by atoms with van der Waals surface area (Å²) in [5, 5.41) is 10.3. The highest BCUT2D eigenvalue weighted by Crippen LogP contribution is 2.25. The lowest BCUT2D eigenvalue weighted by Crippen LogP contribution is -2.28. The maximum absolute atomic E-state index is 12.4. The van der Waals surface area contributed by atoms with Crippen LogP contribution >= 0.6 is 0 Å². The molecule has 0 bridgehead atoms. The van der Waals surface area contributed by atoms with Gasteiger partial charge in [-0.15, -0.1) is 0 Å². The van der Waals surface area contributed by atoms with Gasteiger partial charge in [-0.2, -0.15) is 5.10 Å². The molecule has 0 radical (unpaired) electrons. The Hall–Kier alpha value is -2.63. The summed E-state index contributed by atoms with van der Waals surface area (Å²) in [4.78, 5) is 26.4. The highest BCUT2D eigenvalue weighted by molar-refractivity contribution is 5.93. The van der Waals surface area contributed by atoms with Gasteiger partial charge in [0.15, 0.2) is 0 Å². The normalized spacial score (nSPS) is 12.9. The number of anilines is 1. The molecule has 1 heterocycles. The SMILES string of the molecule is CC(C)c1ccccc1NC(=O)CCC(=O)N(C)Cc1n[nH]c2c1CCC2. The average Bonchev–Trinajstić information content (AvgIpc) is 3.25. The first-order chi connectivity index (χ1) is 13.0. The molecule has 0 atom stereocenters. The first kappa shape index (κ1) is 19.1. The van der Waals surface area contributed by atoms with Gasteiger partial charge in [0.25, 0.3) is 0 Å². The Labute approximate surface area is 160 Å². The van der Waals surface area contributed by atoms with Crippen LogP contribution in [0.15, 0.2) is 24.3 Å². The fourth-order valence-corrected chi connectivity index (χ4v) is 3.57. The number of carbonyl (C=O) groups excluding carboxylic acids is 2. The molecular weight excluding hydrogens is 340 g/mol. The van der Waals surface area contributed by atoms with E-state index >= 15 is 0 Å². The van der Waals surface area contributed by atoms with Gasteiger partial charge in [0.05, 0.1) is 12.2 Å². The summed E-state index contributed by atoms with van der Waals surface area (Å²) in [5.74, 6) is 0.146. The van der Waals surface area contributed by atoms with E-state index in [0.29, 0.717) is 12.5 Å². The first-order valence-electron chi connectivity index (χ1n) is 9.63. The predicted molar refractivity (Wildman–Crippen MR) is 105 cm³/mol. The van der Waals surface area contributed by atoms with E-state index in [2.05, 4.69) is 29.4 Å². The Morgan fingerprint density at radius 3 is 2.78 bits per heavy atom. The van der Waals surface area contributed by atoms with Crippen LogP contribution in [-0.4, -0.2) is 34.0 Å². The number of fused-ring (bicyclic) bond motifs is 1. The van der Waals surface area contributed by atoms with Crippen molar-refractivity contribution < 1.29 is 9.59 Å². The lowest BCUT2D eigenvalue weighted by Gasteiger charge is -2.17. The molecular formula is C21H28N4O2. The molecule has 0 unspecified atom stereocenters. The van der Waals surface area contributed by atoms with Gasteiger partial charge in [0, 0.05) is 31.3 Å². The van der Waals surface area contributed by atoms with Crippen molar-refractivity contribution in [1.82, 2.24) is 15.1 Å². The summed E-state index contributed by atoms with van der Waals surface area (Å²) < 4.78 is 0. The Kier molecular flexibility index (Phi) is 5.94. The quantitative estimate of drug-likeness (QED) is 0.786. The van der Waals surface area contributed by atoms with E-state index in [4.69, 9.17) is 0 Å². The molecule has 1 aromatic heterocycles. The lowest BCUT2D eigenvalue weighted by molar-refractivity contribution is -0.132. The molecule has 2 amide bonds. The summed E-state index contributed by atoms with van der Waals surface area (Å²) in [5.41, 5.74) is 5.34. The first-order valence-corrected chi connectivity index (χ1v) is 9.63. The van der Waals surface area contributed by atoms with Crippen LogP contribution in [0.1, 0.15) is 61.5 Å². The fraction of sp³-hybridized carbons (Fsp3) is 0.476. The maximum atomic E-state index is 12.4. The zero-order valence-electron chi connectivity index (χ0n) is 16.3. The van der Waals surface area contributed by atoms with Gasteiger partial charge in [0.2, 0.25) is 11.8 Å². The molecule has 1 aliphatic carbocycles. The molecule has 1 aliphatic rings. The van der Waals surface area contributed by atoms with Crippen molar-refractivity contribution in [3.05, 3.63) is 46.8 Å². The number of amides is 2. The number of rotatable bonds is 7. The van der Waals surface area contributed by atoms with Gasteiger partial charge in [-0.3, -0.25) is 14.7 Å². The van der Waals surface area contributed by atoms with Crippen LogP contribution in [0.5, 0.6) is 0 Å². The number of aromatic amines is 1. The Balaban J connectivity index is 1.50. The Morgan fingerprint density at radius 1 is 1.22 bits per heavy atom. The van der Waals surface area contributed by atoms with Crippen LogP contribution in [-0.2, 0) is 29.0 Å². The van der Waals surface area contributed by atoms with Gasteiger partial charge in [-0.25, -0.2) is 0 Å². The second-order valence-electron chi connectivity index (χ2n) is 7.52. The Bertz CT molecular complexity index is 825. The highest BCUT2D eigenvalue weighted by atomic mass is 16.2. The number of benzene rings is 1. The number of H-pyrrole nitrogens is 1. The van der Waals surface area contributed by atoms with Gasteiger partial charge in [-0.05, 0) is 42.4 Å². The van der Waals surface area contributed by atoms with Gasteiger partial charge in [-0.1, -0.05) is 32.0 Å². The van der Waals surface area contributed by atoms with Crippen molar-refractivity contribution in [2.45, 2.75) is 58.4 Å². The van der Waals surface area contributed by atoms with E-state index in [-0.39, 0.29) is 24.7 Å². The van der Waals surface area contributed by atoms with Crippen LogP contribution in [0, 0.1) is 0 Å². The van der Waals surface area contributed by atoms with E-state index in [9.17, 15) is 9.59 Å². The van der Waals surface area contributed by atoms with Crippen LogP contribution in [0.3, 0.4) is 0 Å².